The minimum Gasteiger partial charge on any atom is -0.312 e. The molecule has 1 nitrogen and oxygen atoms in total. The first-order valence-corrected chi connectivity index (χ1v) is 8.06. The summed E-state index contributed by atoms with van der Waals surface area (Å²) in [7, 11) is 0. The maximum Gasteiger partial charge on any atom is 0.00967 e. The number of hydrogen-bond acceptors (Lipinski definition) is 2. The second-order valence-electron chi connectivity index (χ2n) is 6.39. The van der Waals surface area contributed by atoms with Crippen LogP contribution < -0.4 is 5.32 Å². The van der Waals surface area contributed by atoms with Gasteiger partial charge in [-0.3, -0.25) is 0 Å². The van der Waals surface area contributed by atoms with Crippen LogP contribution in [0, 0.1) is 5.41 Å². The van der Waals surface area contributed by atoms with E-state index in [4.69, 9.17) is 0 Å². The third-order valence-electron chi connectivity index (χ3n) is 3.98. The van der Waals surface area contributed by atoms with Gasteiger partial charge in [0.05, 0.1) is 0 Å². The molecule has 0 spiro atoms. The molecule has 0 aliphatic heterocycles. The molecule has 1 rings (SSSR count). The van der Waals surface area contributed by atoms with Gasteiger partial charge in [-0.15, -0.1) is 11.3 Å². The highest BCUT2D eigenvalue weighted by Crippen LogP contribution is 2.32. The minimum atomic E-state index is 0.221. The first kappa shape index (κ1) is 15.7. The van der Waals surface area contributed by atoms with Gasteiger partial charge in [-0.1, -0.05) is 19.9 Å². The predicted octanol–water partition coefficient (Wildman–Crippen LogP) is 4.88. The van der Waals surface area contributed by atoms with Crippen LogP contribution in [0.2, 0.25) is 0 Å². The van der Waals surface area contributed by atoms with Crippen LogP contribution in [0.5, 0.6) is 0 Å². The van der Waals surface area contributed by atoms with E-state index in [9.17, 15) is 0 Å². The Labute approximate surface area is 117 Å². The summed E-state index contributed by atoms with van der Waals surface area (Å²) in [5.74, 6) is 0. The molecule has 0 aliphatic carbocycles. The van der Waals surface area contributed by atoms with E-state index in [1.54, 1.807) is 0 Å². The van der Waals surface area contributed by atoms with E-state index in [2.05, 4.69) is 57.4 Å². The second-order valence-corrected chi connectivity index (χ2v) is 7.42. The van der Waals surface area contributed by atoms with E-state index in [1.165, 1.54) is 30.6 Å². The maximum atomic E-state index is 3.70. The Morgan fingerprint density at radius 1 is 1.17 bits per heavy atom. The third kappa shape index (κ3) is 5.11. The monoisotopic (exact) mass is 267 g/mol. The summed E-state index contributed by atoms with van der Waals surface area (Å²) in [6.07, 6.45) is 5.05. The molecule has 0 aromatic carbocycles. The molecule has 0 radical (unpaired) electrons. The van der Waals surface area contributed by atoms with Crippen molar-refractivity contribution in [3.8, 4) is 0 Å². The predicted molar refractivity (Wildman–Crippen MR) is 83.4 cm³/mol. The first-order chi connectivity index (χ1) is 8.41. The van der Waals surface area contributed by atoms with Crippen molar-refractivity contribution in [2.75, 3.05) is 6.54 Å². The Morgan fingerprint density at radius 2 is 1.83 bits per heavy atom. The van der Waals surface area contributed by atoms with Gasteiger partial charge in [0.15, 0.2) is 0 Å². The second kappa shape index (κ2) is 6.72. The van der Waals surface area contributed by atoms with E-state index in [0.29, 0.717) is 5.41 Å². The van der Waals surface area contributed by atoms with Crippen LogP contribution >= 0.6 is 11.3 Å². The van der Waals surface area contributed by atoms with Crippen molar-refractivity contribution in [3.63, 3.8) is 0 Å². The average molecular weight is 267 g/mol. The van der Waals surface area contributed by atoms with Gasteiger partial charge in [0.25, 0.3) is 0 Å². The lowest BCUT2D eigenvalue weighted by molar-refractivity contribution is 0.206. The number of aryl methyl sites for hydroxylation is 1. The molecular weight excluding hydrogens is 238 g/mol. The molecule has 0 saturated heterocycles. The number of nitrogens with one attached hydrogen (secondary N) is 1. The molecule has 0 atom stereocenters. The molecule has 0 bridgehead atoms. The van der Waals surface area contributed by atoms with Gasteiger partial charge in [0.2, 0.25) is 0 Å². The minimum absolute atomic E-state index is 0.221. The fraction of sp³-hybridized carbons (Fsp3) is 0.750. The van der Waals surface area contributed by atoms with Crippen molar-refractivity contribution in [3.05, 3.63) is 22.4 Å². The first-order valence-electron chi connectivity index (χ1n) is 7.18. The number of thiophene rings is 1. The normalized spacial score (nSPS) is 12.9. The zero-order valence-corrected chi connectivity index (χ0v) is 13.5. The van der Waals surface area contributed by atoms with Crippen LogP contribution in [-0.2, 0) is 6.42 Å². The van der Waals surface area contributed by atoms with Crippen LogP contribution in [0.15, 0.2) is 17.5 Å². The highest BCUT2D eigenvalue weighted by molar-refractivity contribution is 7.09. The zero-order valence-electron chi connectivity index (χ0n) is 12.7. The Balaban J connectivity index is 2.56. The lowest BCUT2D eigenvalue weighted by Gasteiger charge is -2.35. The van der Waals surface area contributed by atoms with E-state index >= 15 is 0 Å². The zero-order chi connectivity index (χ0) is 13.6. The smallest absolute Gasteiger partial charge is 0.00967 e. The summed E-state index contributed by atoms with van der Waals surface area (Å²) < 4.78 is 0. The number of rotatable bonds is 7. The van der Waals surface area contributed by atoms with Gasteiger partial charge in [-0.2, -0.15) is 0 Å². The fourth-order valence-corrected chi connectivity index (χ4v) is 2.95. The van der Waals surface area contributed by atoms with Crippen molar-refractivity contribution < 1.29 is 0 Å². The van der Waals surface area contributed by atoms with Crippen molar-refractivity contribution >= 4 is 11.3 Å². The molecule has 18 heavy (non-hydrogen) atoms. The lowest BCUT2D eigenvalue weighted by Crippen LogP contribution is -2.43. The van der Waals surface area contributed by atoms with Crippen molar-refractivity contribution in [1.82, 2.24) is 5.32 Å². The molecule has 0 fully saturated rings. The third-order valence-corrected chi connectivity index (χ3v) is 4.91. The standard InChI is InChI=1S/C16H29NS/c1-6-16(7-2,13-17-15(3,4)5)11-10-14-9-8-12-18-14/h8-9,12,17H,6-7,10-11,13H2,1-5H3. The van der Waals surface area contributed by atoms with Gasteiger partial charge in [-0.05, 0) is 63.3 Å². The topological polar surface area (TPSA) is 12.0 Å². The van der Waals surface area contributed by atoms with Crippen LogP contribution in [-0.4, -0.2) is 12.1 Å². The molecule has 2 heteroatoms. The van der Waals surface area contributed by atoms with E-state index < -0.39 is 0 Å². The Hall–Kier alpha value is -0.340. The molecule has 1 aromatic rings. The molecule has 0 unspecified atom stereocenters. The highest BCUT2D eigenvalue weighted by Gasteiger charge is 2.27. The molecule has 1 N–H and O–H groups in total. The molecular formula is C16H29NS. The van der Waals surface area contributed by atoms with E-state index in [-0.39, 0.29) is 5.54 Å². The molecule has 0 saturated carbocycles. The Kier molecular flexibility index (Phi) is 5.87. The highest BCUT2D eigenvalue weighted by atomic mass is 32.1. The summed E-state index contributed by atoms with van der Waals surface area (Å²) in [5, 5.41) is 5.88. The summed E-state index contributed by atoms with van der Waals surface area (Å²) in [5.41, 5.74) is 0.676. The van der Waals surface area contributed by atoms with Crippen molar-refractivity contribution in [1.29, 1.82) is 0 Å². The summed E-state index contributed by atoms with van der Waals surface area (Å²) in [4.78, 5) is 1.53. The molecule has 104 valence electrons. The largest absolute Gasteiger partial charge is 0.312 e. The summed E-state index contributed by atoms with van der Waals surface area (Å²) in [6, 6.07) is 4.42. The lowest BCUT2D eigenvalue weighted by atomic mass is 9.77. The van der Waals surface area contributed by atoms with Crippen molar-refractivity contribution in [2.45, 2.75) is 65.8 Å². The maximum absolute atomic E-state index is 3.70. The van der Waals surface area contributed by atoms with Gasteiger partial charge < -0.3 is 5.32 Å². The van der Waals surface area contributed by atoms with E-state index in [0.717, 1.165) is 6.54 Å². The molecule has 1 heterocycles. The van der Waals surface area contributed by atoms with Gasteiger partial charge in [-0.25, -0.2) is 0 Å². The summed E-state index contributed by atoms with van der Waals surface area (Å²) in [6.45, 7) is 12.6. The van der Waals surface area contributed by atoms with Crippen LogP contribution in [0.1, 0.15) is 58.8 Å². The van der Waals surface area contributed by atoms with Gasteiger partial charge in [0.1, 0.15) is 0 Å². The van der Waals surface area contributed by atoms with E-state index in [1.807, 2.05) is 11.3 Å². The Bertz CT molecular complexity index is 317. The average Bonchev–Trinajstić information content (AvgIpc) is 2.82. The summed E-state index contributed by atoms with van der Waals surface area (Å²) >= 11 is 1.89. The molecule has 1 aromatic heterocycles. The van der Waals surface area contributed by atoms with Crippen LogP contribution in [0.25, 0.3) is 0 Å². The number of hydrogen-bond donors (Lipinski definition) is 1. The quantitative estimate of drug-likeness (QED) is 0.743. The van der Waals surface area contributed by atoms with Gasteiger partial charge in [0, 0.05) is 17.0 Å². The van der Waals surface area contributed by atoms with Crippen LogP contribution in [0.3, 0.4) is 0 Å². The molecule has 0 amide bonds. The van der Waals surface area contributed by atoms with Crippen LogP contribution in [0.4, 0.5) is 0 Å². The molecule has 0 aliphatic rings. The van der Waals surface area contributed by atoms with Crippen molar-refractivity contribution in [2.24, 2.45) is 5.41 Å². The SMILES string of the molecule is CCC(CC)(CCc1cccs1)CNC(C)(C)C. The Morgan fingerprint density at radius 3 is 2.28 bits per heavy atom. The van der Waals surface area contributed by atoms with Gasteiger partial charge >= 0.3 is 0 Å². The fourth-order valence-electron chi connectivity index (χ4n) is 2.24.